The molecule has 2 rings (SSSR count). The third kappa shape index (κ3) is 1.30. The summed E-state index contributed by atoms with van der Waals surface area (Å²) in [4.78, 5) is 13.5. The molecular weight excluding hydrogens is 164 g/mol. The van der Waals surface area contributed by atoms with Crippen molar-refractivity contribution in [3.63, 3.8) is 0 Å². The predicted molar refractivity (Wildman–Crippen MR) is 49.3 cm³/mol. The number of nitrogens with one attached hydrogen (secondary N) is 1. The second-order valence-electron chi connectivity index (χ2n) is 2.75. The fourth-order valence-corrected chi connectivity index (χ4v) is 1.23. The van der Waals surface area contributed by atoms with Crippen molar-refractivity contribution in [3.05, 3.63) is 46.4 Å². The van der Waals surface area contributed by atoms with E-state index in [4.69, 9.17) is 5.26 Å². The highest BCUT2D eigenvalue weighted by Crippen LogP contribution is 2.11. The van der Waals surface area contributed by atoms with Crippen LogP contribution < -0.4 is 5.56 Å². The van der Waals surface area contributed by atoms with Gasteiger partial charge in [-0.15, -0.1) is 0 Å². The monoisotopic (exact) mass is 170 g/mol. The van der Waals surface area contributed by atoms with Crippen LogP contribution in [0.25, 0.3) is 10.8 Å². The van der Waals surface area contributed by atoms with Gasteiger partial charge in [0.15, 0.2) is 0 Å². The number of nitriles is 1. The summed E-state index contributed by atoms with van der Waals surface area (Å²) in [6, 6.07) is 8.76. The zero-order chi connectivity index (χ0) is 9.26. The molecule has 0 aliphatic carbocycles. The molecule has 0 saturated heterocycles. The third-order valence-electron chi connectivity index (χ3n) is 1.87. The fraction of sp³-hybridized carbons (Fsp3) is 0. The molecule has 0 radical (unpaired) electrons. The van der Waals surface area contributed by atoms with Crippen LogP contribution in [0.3, 0.4) is 0 Å². The van der Waals surface area contributed by atoms with Crippen molar-refractivity contribution in [1.29, 1.82) is 5.26 Å². The molecule has 62 valence electrons. The Bertz CT molecular complexity index is 549. The maximum Gasteiger partial charge on any atom is 0.248 e. The van der Waals surface area contributed by atoms with Crippen LogP contribution in [0, 0.1) is 11.3 Å². The maximum atomic E-state index is 10.9. The summed E-state index contributed by atoms with van der Waals surface area (Å²) in [5, 5.41) is 10.4. The number of hydrogen-bond acceptors (Lipinski definition) is 2. The molecule has 1 N–H and O–H groups in total. The molecule has 0 unspecified atom stereocenters. The molecule has 0 aliphatic heterocycles. The Morgan fingerprint density at radius 2 is 2.08 bits per heavy atom. The Balaban J connectivity index is 2.82. The van der Waals surface area contributed by atoms with Crippen LogP contribution in [-0.2, 0) is 0 Å². The summed E-state index contributed by atoms with van der Waals surface area (Å²) in [6.45, 7) is 0. The van der Waals surface area contributed by atoms with Crippen molar-refractivity contribution in [2.24, 2.45) is 0 Å². The Morgan fingerprint density at radius 1 is 1.23 bits per heavy atom. The van der Waals surface area contributed by atoms with Crippen LogP contribution in [0.1, 0.15) is 5.56 Å². The van der Waals surface area contributed by atoms with Gasteiger partial charge in [0.25, 0.3) is 0 Å². The minimum atomic E-state index is -0.128. The molecule has 13 heavy (non-hydrogen) atoms. The van der Waals surface area contributed by atoms with E-state index < -0.39 is 0 Å². The van der Waals surface area contributed by atoms with E-state index in [-0.39, 0.29) is 5.56 Å². The third-order valence-corrected chi connectivity index (χ3v) is 1.87. The molecule has 0 fully saturated rings. The number of H-pyrrole nitrogens is 1. The molecule has 0 amide bonds. The highest BCUT2D eigenvalue weighted by atomic mass is 16.1. The summed E-state index contributed by atoms with van der Waals surface area (Å²) in [5.41, 5.74) is 0.469. The van der Waals surface area contributed by atoms with E-state index in [1.165, 1.54) is 6.07 Å². The molecule has 1 aromatic carbocycles. The van der Waals surface area contributed by atoms with Gasteiger partial charge in [-0.2, -0.15) is 5.26 Å². The number of aromatic nitrogens is 1. The molecule has 0 saturated carbocycles. The van der Waals surface area contributed by atoms with Crippen molar-refractivity contribution in [1.82, 2.24) is 4.98 Å². The maximum absolute atomic E-state index is 10.9. The first-order valence-electron chi connectivity index (χ1n) is 3.82. The van der Waals surface area contributed by atoms with E-state index in [0.29, 0.717) is 5.56 Å². The molecule has 2 aromatic rings. The average Bonchev–Trinajstić information content (AvgIpc) is 2.17. The van der Waals surface area contributed by atoms with Gasteiger partial charge in [0, 0.05) is 12.3 Å². The summed E-state index contributed by atoms with van der Waals surface area (Å²) in [6.07, 6.45) is 1.61. The van der Waals surface area contributed by atoms with E-state index in [0.717, 1.165) is 10.8 Å². The first-order chi connectivity index (χ1) is 6.29. The van der Waals surface area contributed by atoms with E-state index in [1.54, 1.807) is 24.4 Å². The van der Waals surface area contributed by atoms with E-state index >= 15 is 0 Å². The molecular formula is C10H6N2O. The van der Waals surface area contributed by atoms with Gasteiger partial charge in [-0.3, -0.25) is 4.79 Å². The van der Waals surface area contributed by atoms with Crippen molar-refractivity contribution in [2.45, 2.75) is 0 Å². The van der Waals surface area contributed by atoms with Gasteiger partial charge in [0.05, 0.1) is 11.6 Å². The molecule has 1 aromatic heterocycles. The zero-order valence-electron chi connectivity index (χ0n) is 6.74. The molecule has 3 nitrogen and oxygen atoms in total. The molecule has 0 bridgehead atoms. The van der Waals surface area contributed by atoms with E-state index in [9.17, 15) is 4.79 Å². The summed E-state index contributed by atoms with van der Waals surface area (Å²) in [7, 11) is 0. The van der Waals surface area contributed by atoms with Gasteiger partial charge in [-0.25, -0.2) is 0 Å². The number of aromatic amines is 1. The van der Waals surface area contributed by atoms with Gasteiger partial charge < -0.3 is 4.98 Å². The van der Waals surface area contributed by atoms with Gasteiger partial charge >= 0.3 is 0 Å². The molecule has 1 heterocycles. The predicted octanol–water partition coefficient (Wildman–Crippen LogP) is 1.40. The first-order valence-corrected chi connectivity index (χ1v) is 3.82. The van der Waals surface area contributed by atoms with E-state index in [2.05, 4.69) is 4.98 Å². The number of benzene rings is 1. The Morgan fingerprint density at radius 3 is 2.85 bits per heavy atom. The lowest BCUT2D eigenvalue weighted by atomic mass is 10.1. The molecule has 0 aliphatic rings. The summed E-state index contributed by atoms with van der Waals surface area (Å²) in [5.74, 6) is 0. The van der Waals surface area contributed by atoms with Crippen LogP contribution >= 0.6 is 0 Å². The molecule has 0 spiro atoms. The Kier molecular flexibility index (Phi) is 1.60. The second kappa shape index (κ2) is 2.76. The second-order valence-corrected chi connectivity index (χ2v) is 2.75. The SMILES string of the molecule is N#Cc1ccc2cc(=O)[nH]cc2c1. The van der Waals surface area contributed by atoms with Crippen LogP contribution in [0.15, 0.2) is 35.3 Å². The molecule has 0 atom stereocenters. The standard InChI is InChI=1S/C10H6N2O/c11-5-7-1-2-8-4-10(13)12-6-9(8)3-7/h1-4,6H,(H,12,13). The minimum absolute atomic E-state index is 0.128. The largest absolute Gasteiger partial charge is 0.328 e. The number of nitrogens with zero attached hydrogens (tertiary/aromatic N) is 1. The minimum Gasteiger partial charge on any atom is -0.328 e. The fourth-order valence-electron chi connectivity index (χ4n) is 1.23. The average molecular weight is 170 g/mol. The van der Waals surface area contributed by atoms with Crippen molar-refractivity contribution >= 4 is 10.8 Å². The quantitative estimate of drug-likeness (QED) is 0.649. The highest BCUT2D eigenvalue weighted by Gasteiger charge is 1.95. The normalized spacial score (nSPS) is 9.77. The Labute approximate surface area is 74.3 Å². The first kappa shape index (κ1) is 7.56. The van der Waals surface area contributed by atoms with Crippen LogP contribution in [0.5, 0.6) is 0 Å². The number of pyridine rings is 1. The van der Waals surface area contributed by atoms with Crippen molar-refractivity contribution in [2.75, 3.05) is 0 Å². The summed E-state index contributed by atoms with van der Waals surface area (Å²) < 4.78 is 0. The van der Waals surface area contributed by atoms with Gasteiger partial charge in [-0.1, -0.05) is 6.07 Å². The number of hydrogen-bond donors (Lipinski definition) is 1. The van der Waals surface area contributed by atoms with Crippen LogP contribution in [0.2, 0.25) is 0 Å². The number of rotatable bonds is 0. The van der Waals surface area contributed by atoms with Crippen molar-refractivity contribution in [3.8, 4) is 6.07 Å². The topological polar surface area (TPSA) is 56.6 Å². The lowest BCUT2D eigenvalue weighted by Crippen LogP contribution is -2.01. The molecule has 3 heteroatoms. The zero-order valence-corrected chi connectivity index (χ0v) is 6.74. The smallest absolute Gasteiger partial charge is 0.248 e. The van der Waals surface area contributed by atoms with Crippen LogP contribution in [-0.4, -0.2) is 4.98 Å². The lowest BCUT2D eigenvalue weighted by Gasteiger charge is -1.95. The van der Waals surface area contributed by atoms with Gasteiger partial charge in [0.2, 0.25) is 5.56 Å². The lowest BCUT2D eigenvalue weighted by molar-refractivity contribution is 1.27. The van der Waals surface area contributed by atoms with Gasteiger partial charge in [-0.05, 0) is 22.9 Å². The van der Waals surface area contributed by atoms with Gasteiger partial charge in [0.1, 0.15) is 0 Å². The van der Waals surface area contributed by atoms with Crippen molar-refractivity contribution < 1.29 is 0 Å². The Hall–Kier alpha value is -2.08. The highest BCUT2D eigenvalue weighted by molar-refractivity contribution is 5.82. The number of fused-ring (bicyclic) bond motifs is 1. The van der Waals surface area contributed by atoms with Crippen LogP contribution in [0.4, 0.5) is 0 Å². The summed E-state index contributed by atoms with van der Waals surface area (Å²) >= 11 is 0. The van der Waals surface area contributed by atoms with E-state index in [1.807, 2.05) is 6.07 Å².